The zero-order valence-corrected chi connectivity index (χ0v) is 12.4. The van der Waals surface area contributed by atoms with Gasteiger partial charge in [-0.25, -0.2) is 5.43 Å². The summed E-state index contributed by atoms with van der Waals surface area (Å²) >= 11 is 6.15. The first kappa shape index (κ1) is 14.1. The quantitative estimate of drug-likeness (QED) is 0.571. The van der Waals surface area contributed by atoms with Gasteiger partial charge in [0.05, 0.1) is 11.1 Å². The Balaban J connectivity index is 1.93. The number of hydrogen-bond acceptors (Lipinski definition) is 4. The molecule has 0 saturated heterocycles. The fourth-order valence-corrected chi connectivity index (χ4v) is 2.58. The molecule has 0 fully saturated rings. The number of fused-ring (bicyclic) bond motifs is 1. The van der Waals surface area contributed by atoms with Gasteiger partial charge in [0.15, 0.2) is 0 Å². The Hall–Kier alpha value is -1.88. The Morgan fingerprint density at radius 3 is 2.95 bits per heavy atom. The van der Waals surface area contributed by atoms with Crippen LogP contribution in [0.25, 0.3) is 11.0 Å². The fourth-order valence-electron chi connectivity index (χ4n) is 2.39. The van der Waals surface area contributed by atoms with Crippen LogP contribution in [-0.4, -0.2) is 4.98 Å². The molecule has 0 radical (unpaired) electrons. The zero-order chi connectivity index (χ0) is 14.8. The number of hydrogen-bond donors (Lipinski definition) is 2. The Kier molecular flexibility index (Phi) is 3.92. The second kappa shape index (κ2) is 5.85. The van der Waals surface area contributed by atoms with Crippen molar-refractivity contribution in [1.29, 1.82) is 0 Å². The molecule has 0 aliphatic heterocycles. The maximum absolute atomic E-state index is 6.15. The molecule has 3 N–H and O–H groups in total. The van der Waals surface area contributed by atoms with Gasteiger partial charge < -0.3 is 4.42 Å². The lowest BCUT2D eigenvalue weighted by Gasteiger charge is -2.13. The molecule has 4 nitrogen and oxygen atoms in total. The van der Waals surface area contributed by atoms with Crippen molar-refractivity contribution >= 4 is 22.6 Å². The summed E-state index contributed by atoms with van der Waals surface area (Å²) in [7, 11) is 0. The van der Waals surface area contributed by atoms with Crippen LogP contribution in [0.15, 0.2) is 47.1 Å². The molecular weight excluding hydrogens is 286 g/mol. The normalized spacial score (nSPS) is 12.7. The molecule has 1 unspecified atom stereocenters. The summed E-state index contributed by atoms with van der Waals surface area (Å²) in [5.41, 5.74) is 5.83. The van der Waals surface area contributed by atoms with Crippen LogP contribution in [0, 0.1) is 6.92 Å². The summed E-state index contributed by atoms with van der Waals surface area (Å²) in [4.78, 5) is 3.99. The maximum atomic E-state index is 6.15. The van der Waals surface area contributed by atoms with Gasteiger partial charge in [-0.3, -0.25) is 10.8 Å². The minimum absolute atomic E-state index is 0.141. The number of hydrazine groups is 1. The monoisotopic (exact) mass is 301 g/mol. The predicted molar refractivity (Wildman–Crippen MR) is 84.0 cm³/mol. The number of aryl methyl sites for hydroxylation is 1. The summed E-state index contributed by atoms with van der Waals surface area (Å²) in [6.45, 7) is 2.06. The number of pyridine rings is 1. The summed E-state index contributed by atoms with van der Waals surface area (Å²) in [5.74, 6) is 6.48. The van der Waals surface area contributed by atoms with Crippen molar-refractivity contribution in [3.05, 3.63) is 64.6 Å². The van der Waals surface area contributed by atoms with E-state index in [4.69, 9.17) is 21.9 Å². The molecule has 0 bridgehead atoms. The highest BCUT2D eigenvalue weighted by molar-refractivity contribution is 6.31. The number of nitrogens with one attached hydrogen (secondary N) is 1. The van der Waals surface area contributed by atoms with Gasteiger partial charge in [-0.15, -0.1) is 0 Å². The molecule has 2 aromatic heterocycles. The predicted octanol–water partition coefficient (Wildman–Crippen LogP) is 3.54. The molecule has 0 saturated carbocycles. The van der Waals surface area contributed by atoms with Crippen molar-refractivity contribution in [1.82, 2.24) is 10.4 Å². The lowest BCUT2D eigenvalue weighted by Crippen LogP contribution is -2.29. The molecule has 3 rings (SSSR count). The van der Waals surface area contributed by atoms with Crippen LogP contribution < -0.4 is 11.3 Å². The smallest absolute Gasteiger partial charge is 0.134 e. The van der Waals surface area contributed by atoms with E-state index in [0.29, 0.717) is 11.4 Å². The molecule has 2 heterocycles. The largest absolute Gasteiger partial charge is 0.459 e. The van der Waals surface area contributed by atoms with E-state index in [1.54, 1.807) is 12.4 Å². The van der Waals surface area contributed by atoms with E-state index in [1.807, 2.05) is 24.3 Å². The van der Waals surface area contributed by atoms with Crippen LogP contribution in [0.4, 0.5) is 0 Å². The molecule has 3 aromatic rings. The first-order valence-corrected chi connectivity index (χ1v) is 7.10. The number of rotatable bonds is 4. The van der Waals surface area contributed by atoms with E-state index in [0.717, 1.165) is 22.3 Å². The van der Waals surface area contributed by atoms with Gasteiger partial charge in [0.2, 0.25) is 0 Å². The molecule has 0 aliphatic carbocycles. The first-order chi connectivity index (χ1) is 10.2. The molecule has 108 valence electrons. The minimum Gasteiger partial charge on any atom is -0.459 e. The van der Waals surface area contributed by atoms with Crippen LogP contribution in [0.5, 0.6) is 0 Å². The molecule has 5 heteroatoms. The second-order valence-corrected chi connectivity index (χ2v) is 5.49. The highest BCUT2D eigenvalue weighted by atomic mass is 35.5. The van der Waals surface area contributed by atoms with E-state index in [1.165, 1.54) is 5.56 Å². The number of aromatic nitrogens is 1. The third-order valence-electron chi connectivity index (χ3n) is 3.52. The highest BCUT2D eigenvalue weighted by Gasteiger charge is 2.17. The average Bonchev–Trinajstić information content (AvgIpc) is 2.89. The van der Waals surface area contributed by atoms with Gasteiger partial charge in [-0.1, -0.05) is 23.2 Å². The lowest BCUT2D eigenvalue weighted by atomic mass is 10.1. The third-order valence-corrected chi connectivity index (χ3v) is 3.86. The van der Waals surface area contributed by atoms with E-state index in [9.17, 15) is 0 Å². The lowest BCUT2D eigenvalue weighted by molar-refractivity contribution is 0.434. The van der Waals surface area contributed by atoms with E-state index in [2.05, 4.69) is 23.4 Å². The Morgan fingerprint density at radius 2 is 2.19 bits per heavy atom. The summed E-state index contributed by atoms with van der Waals surface area (Å²) < 4.78 is 5.89. The SMILES string of the molecule is Cc1ccc2oc(C(Cc3ccncc3Cl)NN)cc2c1. The van der Waals surface area contributed by atoms with Crippen molar-refractivity contribution in [2.24, 2.45) is 5.84 Å². The van der Waals surface area contributed by atoms with Gasteiger partial charge in [-0.05, 0) is 43.2 Å². The van der Waals surface area contributed by atoms with E-state index < -0.39 is 0 Å². The Labute approximate surface area is 127 Å². The Morgan fingerprint density at radius 1 is 1.33 bits per heavy atom. The van der Waals surface area contributed by atoms with Crippen LogP contribution in [0.2, 0.25) is 5.02 Å². The summed E-state index contributed by atoms with van der Waals surface area (Å²) in [6.07, 6.45) is 3.99. The van der Waals surface area contributed by atoms with Gasteiger partial charge in [-0.2, -0.15) is 0 Å². The average molecular weight is 302 g/mol. The molecule has 0 aliphatic rings. The van der Waals surface area contributed by atoms with Crippen LogP contribution in [0.1, 0.15) is 22.9 Å². The molecule has 1 atom stereocenters. The number of benzene rings is 1. The number of halogens is 1. The van der Waals surface area contributed by atoms with Crippen molar-refractivity contribution in [3.8, 4) is 0 Å². The van der Waals surface area contributed by atoms with E-state index in [-0.39, 0.29) is 6.04 Å². The molecule has 1 aromatic carbocycles. The van der Waals surface area contributed by atoms with Crippen LogP contribution >= 0.6 is 11.6 Å². The number of nitrogens with zero attached hydrogens (tertiary/aromatic N) is 1. The van der Waals surface area contributed by atoms with Gasteiger partial charge in [0, 0.05) is 17.8 Å². The fraction of sp³-hybridized carbons (Fsp3) is 0.188. The standard InChI is InChI=1S/C16H16ClN3O/c1-10-2-3-15-12(6-10)8-16(21-15)14(20-18)7-11-4-5-19-9-13(11)17/h2-6,8-9,14,20H,7,18H2,1H3. The van der Waals surface area contributed by atoms with Crippen molar-refractivity contribution in [2.45, 2.75) is 19.4 Å². The second-order valence-electron chi connectivity index (χ2n) is 5.08. The first-order valence-electron chi connectivity index (χ1n) is 6.72. The van der Waals surface area contributed by atoms with Gasteiger partial charge in [0.1, 0.15) is 11.3 Å². The number of nitrogens with two attached hydrogens (primary N) is 1. The van der Waals surface area contributed by atoms with Crippen LogP contribution in [0.3, 0.4) is 0 Å². The summed E-state index contributed by atoms with van der Waals surface area (Å²) in [5, 5.41) is 1.70. The molecule has 21 heavy (non-hydrogen) atoms. The third kappa shape index (κ3) is 2.93. The van der Waals surface area contributed by atoms with Crippen molar-refractivity contribution in [2.75, 3.05) is 0 Å². The number of furan rings is 1. The topological polar surface area (TPSA) is 64.1 Å². The molecule has 0 spiro atoms. The van der Waals surface area contributed by atoms with Crippen molar-refractivity contribution in [3.63, 3.8) is 0 Å². The minimum atomic E-state index is -0.141. The van der Waals surface area contributed by atoms with Crippen molar-refractivity contribution < 1.29 is 4.42 Å². The molecule has 0 amide bonds. The highest BCUT2D eigenvalue weighted by Crippen LogP contribution is 2.28. The molecular formula is C16H16ClN3O. The van der Waals surface area contributed by atoms with Crippen LogP contribution in [-0.2, 0) is 6.42 Å². The zero-order valence-electron chi connectivity index (χ0n) is 11.6. The maximum Gasteiger partial charge on any atom is 0.134 e. The Bertz CT molecular complexity index is 769. The summed E-state index contributed by atoms with van der Waals surface area (Å²) in [6, 6.07) is 9.86. The van der Waals surface area contributed by atoms with Gasteiger partial charge >= 0.3 is 0 Å². The van der Waals surface area contributed by atoms with E-state index >= 15 is 0 Å². The van der Waals surface area contributed by atoms with Gasteiger partial charge in [0.25, 0.3) is 0 Å².